The first-order valence-electron chi connectivity index (χ1n) is 5.03. The monoisotopic (exact) mass is 263 g/mol. The third-order valence-corrected chi connectivity index (χ3v) is 3.11. The van der Waals surface area contributed by atoms with Gasteiger partial charge in [-0.1, -0.05) is 0 Å². The summed E-state index contributed by atoms with van der Waals surface area (Å²) in [6.07, 6.45) is -1.44. The summed E-state index contributed by atoms with van der Waals surface area (Å²) >= 11 is 0. The topological polar surface area (TPSA) is 99.5 Å². The van der Waals surface area contributed by atoms with Crippen LogP contribution in [0, 0.1) is 17.2 Å². The summed E-state index contributed by atoms with van der Waals surface area (Å²) < 4.78 is 30.4. The van der Waals surface area contributed by atoms with Crippen molar-refractivity contribution in [3.8, 4) is 6.07 Å². The fourth-order valence-electron chi connectivity index (χ4n) is 0.946. The van der Waals surface area contributed by atoms with Crippen LogP contribution < -0.4 is 4.72 Å². The molecule has 0 saturated carbocycles. The molecule has 17 heavy (non-hydrogen) atoms. The Kier molecular flexibility index (Phi) is 5.91. The summed E-state index contributed by atoms with van der Waals surface area (Å²) in [5, 5.41) is 8.57. The Labute approximate surface area is 102 Å². The van der Waals surface area contributed by atoms with Gasteiger partial charge in [-0.15, -0.1) is 0 Å². The SMILES string of the molecule is CC(C#N)CN(C)S(=O)(=O)NC(=O)OC(C)C. The van der Waals surface area contributed by atoms with Gasteiger partial charge < -0.3 is 4.74 Å². The third-order valence-electron chi connectivity index (χ3n) is 1.72. The van der Waals surface area contributed by atoms with Crippen LogP contribution in [0.1, 0.15) is 20.8 Å². The highest BCUT2D eigenvalue weighted by atomic mass is 32.2. The smallest absolute Gasteiger partial charge is 0.422 e. The molecule has 0 aliphatic rings. The number of amides is 1. The molecule has 0 bridgehead atoms. The molecule has 0 aromatic rings. The van der Waals surface area contributed by atoms with Crippen LogP contribution in [-0.4, -0.2) is 38.5 Å². The fraction of sp³-hybridized carbons (Fsp3) is 0.778. The molecule has 0 radical (unpaired) electrons. The number of carbonyl (C=O) groups is 1. The van der Waals surface area contributed by atoms with Crippen LogP contribution in [0.2, 0.25) is 0 Å². The second-order valence-corrected chi connectivity index (χ2v) is 5.65. The Morgan fingerprint density at radius 2 is 2.00 bits per heavy atom. The van der Waals surface area contributed by atoms with Crippen LogP contribution in [-0.2, 0) is 14.9 Å². The molecule has 7 nitrogen and oxygen atoms in total. The van der Waals surface area contributed by atoms with E-state index < -0.39 is 28.3 Å². The first-order valence-corrected chi connectivity index (χ1v) is 6.47. The quantitative estimate of drug-likeness (QED) is 0.776. The molecule has 0 fully saturated rings. The number of carbonyl (C=O) groups excluding carboxylic acids is 1. The van der Waals surface area contributed by atoms with Gasteiger partial charge in [-0.05, 0) is 20.8 Å². The minimum atomic E-state index is -3.95. The summed E-state index contributed by atoms with van der Waals surface area (Å²) in [4.78, 5) is 11.1. The number of ether oxygens (including phenoxy) is 1. The normalized spacial score (nSPS) is 13.2. The Balaban J connectivity index is 4.48. The Morgan fingerprint density at radius 3 is 2.41 bits per heavy atom. The predicted molar refractivity (Wildman–Crippen MR) is 61.1 cm³/mol. The zero-order valence-electron chi connectivity index (χ0n) is 10.3. The number of nitrogens with zero attached hydrogens (tertiary/aromatic N) is 2. The van der Waals surface area contributed by atoms with E-state index in [0.717, 1.165) is 4.31 Å². The number of hydrogen-bond acceptors (Lipinski definition) is 5. The van der Waals surface area contributed by atoms with E-state index >= 15 is 0 Å². The van der Waals surface area contributed by atoms with Gasteiger partial charge in [0.1, 0.15) is 0 Å². The highest BCUT2D eigenvalue weighted by molar-refractivity contribution is 7.87. The number of nitriles is 1. The molecule has 8 heteroatoms. The highest BCUT2D eigenvalue weighted by Crippen LogP contribution is 2.01. The standard InChI is InChI=1S/C9H17N3O4S/c1-7(2)16-9(13)11-17(14,15)12(4)6-8(3)5-10/h7-8H,6H2,1-4H3,(H,11,13). The molecule has 0 spiro atoms. The van der Waals surface area contributed by atoms with E-state index in [-0.39, 0.29) is 6.54 Å². The van der Waals surface area contributed by atoms with E-state index in [1.165, 1.54) is 7.05 Å². The second kappa shape index (κ2) is 6.42. The van der Waals surface area contributed by atoms with Crippen molar-refractivity contribution in [2.45, 2.75) is 26.9 Å². The Morgan fingerprint density at radius 1 is 1.47 bits per heavy atom. The van der Waals surface area contributed by atoms with Gasteiger partial charge in [0.2, 0.25) is 0 Å². The largest absolute Gasteiger partial charge is 0.446 e. The van der Waals surface area contributed by atoms with Crippen molar-refractivity contribution >= 4 is 16.3 Å². The second-order valence-electron chi connectivity index (χ2n) is 3.87. The van der Waals surface area contributed by atoms with Gasteiger partial charge in [-0.2, -0.15) is 18.0 Å². The zero-order chi connectivity index (χ0) is 13.6. The highest BCUT2D eigenvalue weighted by Gasteiger charge is 2.23. The molecule has 1 N–H and O–H groups in total. The minimum Gasteiger partial charge on any atom is -0.446 e. The van der Waals surface area contributed by atoms with Gasteiger partial charge in [0.25, 0.3) is 0 Å². The van der Waals surface area contributed by atoms with Gasteiger partial charge in [-0.3, -0.25) is 0 Å². The maximum atomic E-state index is 11.6. The van der Waals surface area contributed by atoms with Gasteiger partial charge in [0, 0.05) is 13.6 Å². The first-order chi connectivity index (χ1) is 7.69. The van der Waals surface area contributed by atoms with Gasteiger partial charge in [0.15, 0.2) is 0 Å². The van der Waals surface area contributed by atoms with Crippen LogP contribution in [0.25, 0.3) is 0 Å². The summed E-state index contributed by atoms with van der Waals surface area (Å²) in [6.45, 7) is 4.79. The lowest BCUT2D eigenvalue weighted by Gasteiger charge is -2.18. The summed E-state index contributed by atoms with van der Waals surface area (Å²) in [7, 11) is -2.68. The van der Waals surface area contributed by atoms with E-state index in [1.54, 1.807) is 25.5 Å². The van der Waals surface area contributed by atoms with Gasteiger partial charge >= 0.3 is 16.3 Å². The molecule has 0 aliphatic heterocycles. The van der Waals surface area contributed by atoms with Gasteiger partial charge in [-0.25, -0.2) is 9.52 Å². The van der Waals surface area contributed by atoms with E-state index in [4.69, 9.17) is 5.26 Å². The van der Waals surface area contributed by atoms with Crippen LogP contribution in [0.4, 0.5) is 4.79 Å². The molecule has 0 aromatic heterocycles. The average molecular weight is 263 g/mol. The molecule has 1 amide bonds. The minimum absolute atomic E-state index is 0.000786. The summed E-state index contributed by atoms with van der Waals surface area (Å²) in [5.74, 6) is -0.460. The molecule has 0 aliphatic carbocycles. The average Bonchev–Trinajstić information content (AvgIpc) is 2.14. The molecule has 98 valence electrons. The van der Waals surface area contributed by atoms with Gasteiger partial charge in [0.05, 0.1) is 18.1 Å². The van der Waals surface area contributed by atoms with Crippen molar-refractivity contribution in [2.24, 2.45) is 5.92 Å². The summed E-state index contributed by atoms with van der Waals surface area (Å²) in [6, 6.07) is 1.90. The molecular formula is C9H17N3O4S. The molecule has 0 saturated heterocycles. The molecule has 0 aromatic carbocycles. The lowest BCUT2D eigenvalue weighted by Crippen LogP contribution is -2.43. The first kappa shape index (κ1) is 15.7. The number of hydrogen-bond donors (Lipinski definition) is 1. The number of nitrogens with one attached hydrogen (secondary N) is 1. The predicted octanol–water partition coefficient (Wildman–Crippen LogP) is 0.457. The summed E-state index contributed by atoms with van der Waals surface area (Å²) in [5.41, 5.74) is 0. The van der Waals surface area contributed by atoms with E-state index in [0.29, 0.717) is 0 Å². The lowest BCUT2D eigenvalue weighted by molar-refractivity contribution is 0.121. The molecule has 1 atom stereocenters. The maximum absolute atomic E-state index is 11.6. The van der Waals surface area contributed by atoms with E-state index in [2.05, 4.69) is 4.74 Å². The van der Waals surface area contributed by atoms with Crippen molar-refractivity contribution in [1.29, 1.82) is 5.26 Å². The van der Waals surface area contributed by atoms with Crippen molar-refractivity contribution in [3.05, 3.63) is 0 Å². The van der Waals surface area contributed by atoms with Crippen molar-refractivity contribution in [3.63, 3.8) is 0 Å². The van der Waals surface area contributed by atoms with Crippen LogP contribution in [0.3, 0.4) is 0 Å². The molecule has 0 rings (SSSR count). The molecule has 1 unspecified atom stereocenters. The fourth-order valence-corrected chi connectivity index (χ4v) is 1.78. The third kappa shape index (κ3) is 6.09. The van der Waals surface area contributed by atoms with Crippen molar-refractivity contribution in [1.82, 2.24) is 9.03 Å². The molecule has 0 heterocycles. The van der Waals surface area contributed by atoms with Crippen LogP contribution in [0.15, 0.2) is 0 Å². The lowest BCUT2D eigenvalue weighted by atomic mass is 10.2. The maximum Gasteiger partial charge on any atom is 0.422 e. The van der Waals surface area contributed by atoms with E-state index in [9.17, 15) is 13.2 Å². The Hall–Kier alpha value is -1.33. The van der Waals surface area contributed by atoms with Crippen LogP contribution in [0.5, 0.6) is 0 Å². The van der Waals surface area contributed by atoms with Crippen molar-refractivity contribution in [2.75, 3.05) is 13.6 Å². The zero-order valence-corrected chi connectivity index (χ0v) is 11.1. The number of rotatable bonds is 5. The Bertz CT molecular complexity index is 399. The van der Waals surface area contributed by atoms with Crippen LogP contribution >= 0.6 is 0 Å². The molecular weight excluding hydrogens is 246 g/mol. The van der Waals surface area contributed by atoms with Crippen molar-refractivity contribution < 1.29 is 17.9 Å². The van der Waals surface area contributed by atoms with E-state index in [1.807, 2.05) is 6.07 Å².